The van der Waals surface area contributed by atoms with Crippen molar-refractivity contribution < 1.29 is 4.39 Å². The van der Waals surface area contributed by atoms with E-state index >= 15 is 0 Å². The molecule has 2 heteroatoms. The highest BCUT2D eigenvalue weighted by molar-refractivity contribution is 5.30. The van der Waals surface area contributed by atoms with Crippen molar-refractivity contribution in [3.05, 3.63) is 29.8 Å². The Morgan fingerprint density at radius 3 is 3.00 bits per heavy atom. The van der Waals surface area contributed by atoms with Gasteiger partial charge in [-0.1, -0.05) is 5.92 Å². The van der Waals surface area contributed by atoms with Crippen LogP contribution in [0.2, 0.25) is 0 Å². The van der Waals surface area contributed by atoms with Gasteiger partial charge in [-0.3, -0.25) is 0 Å². The van der Waals surface area contributed by atoms with Crippen LogP contribution in [0.1, 0.15) is 18.5 Å². The van der Waals surface area contributed by atoms with E-state index < -0.39 is 0 Å². The molecular formula is C10H8FN. The lowest BCUT2D eigenvalue weighted by atomic mass is 10.3. The summed E-state index contributed by atoms with van der Waals surface area (Å²) < 4.78 is 12.9. The zero-order valence-corrected chi connectivity index (χ0v) is 6.55. The fourth-order valence-corrected chi connectivity index (χ4v) is 0.876. The van der Waals surface area contributed by atoms with E-state index in [0.29, 0.717) is 5.92 Å². The van der Waals surface area contributed by atoms with E-state index in [-0.39, 0.29) is 11.5 Å². The van der Waals surface area contributed by atoms with E-state index in [9.17, 15) is 4.39 Å². The molecule has 0 radical (unpaired) electrons. The van der Waals surface area contributed by atoms with Crippen molar-refractivity contribution in [2.75, 3.05) is 0 Å². The highest BCUT2D eigenvalue weighted by Crippen LogP contribution is 2.27. The second-order valence-corrected chi connectivity index (χ2v) is 2.88. The van der Waals surface area contributed by atoms with Crippen molar-refractivity contribution in [3.63, 3.8) is 0 Å². The minimum atomic E-state index is -0.328. The second-order valence-electron chi connectivity index (χ2n) is 2.88. The Morgan fingerprint density at radius 2 is 2.33 bits per heavy atom. The minimum absolute atomic E-state index is 0.268. The van der Waals surface area contributed by atoms with E-state index in [2.05, 4.69) is 16.8 Å². The normalized spacial score (nSPS) is 15.1. The first kappa shape index (κ1) is 7.30. The van der Waals surface area contributed by atoms with Gasteiger partial charge >= 0.3 is 0 Å². The van der Waals surface area contributed by atoms with Crippen molar-refractivity contribution in [1.82, 2.24) is 4.98 Å². The van der Waals surface area contributed by atoms with Gasteiger partial charge in [0.05, 0.1) is 0 Å². The maximum Gasteiger partial charge on any atom is 0.157 e. The van der Waals surface area contributed by atoms with Crippen molar-refractivity contribution in [3.8, 4) is 11.8 Å². The molecule has 60 valence electrons. The molecule has 0 aromatic carbocycles. The molecule has 0 bridgehead atoms. The summed E-state index contributed by atoms with van der Waals surface area (Å²) in [6.45, 7) is 0. The highest BCUT2D eigenvalue weighted by Gasteiger charge is 2.17. The van der Waals surface area contributed by atoms with Crippen molar-refractivity contribution in [2.45, 2.75) is 12.8 Å². The van der Waals surface area contributed by atoms with Crippen LogP contribution < -0.4 is 0 Å². The van der Waals surface area contributed by atoms with E-state index in [0.717, 1.165) is 12.8 Å². The second kappa shape index (κ2) is 2.94. The third kappa shape index (κ3) is 1.62. The van der Waals surface area contributed by atoms with Gasteiger partial charge in [0, 0.05) is 12.1 Å². The standard InChI is InChI=1S/C10H8FN/c11-9-2-1-7-12-10(9)6-5-8-3-4-8/h1-2,7-8H,3-4H2. The quantitative estimate of drug-likeness (QED) is 0.530. The maximum atomic E-state index is 12.9. The molecule has 0 unspecified atom stereocenters. The largest absolute Gasteiger partial charge is 0.245 e. The minimum Gasteiger partial charge on any atom is -0.245 e. The summed E-state index contributed by atoms with van der Waals surface area (Å²) in [7, 11) is 0. The summed E-state index contributed by atoms with van der Waals surface area (Å²) >= 11 is 0. The number of hydrogen-bond acceptors (Lipinski definition) is 1. The zero-order chi connectivity index (χ0) is 8.39. The van der Waals surface area contributed by atoms with Gasteiger partial charge in [0.1, 0.15) is 5.69 Å². The van der Waals surface area contributed by atoms with Gasteiger partial charge in [-0.2, -0.15) is 0 Å². The van der Waals surface area contributed by atoms with Gasteiger partial charge in [-0.05, 0) is 30.9 Å². The van der Waals surface area contributed by atoms with Crippen LogP contribution in [-0.2, 0) is 0 Å². The lowest BCUT2D eigenvalue weighted by Gasteiger charge is -1.89. The zero-order valence-electron chi connectivity index (χ0n) is 6.55. The summed E-state index contributed by atoms with van der Waals surface area (Å²) in [4.78, 5) is 3.83. The molecule has 1 fully saturated rings. The topological polar surface area (TPSA) is 12.9 Å². The van der Waals surface area contributed by atoms with Crippen molar-refractivity contribution >= 4 is 0 Å². The van der Waals surface area contributed by atoms with Crippen LogP contribution in [0.5, 0.6) is 0 Å². The Morgan fingerprint density at radius 1 is 1.50 bits per heavy atom. The van der Waals surface area contributed by atoms with Crippen LogP contribution in [0.15, 0.2) is 18.3 Å². The van der Waals surface area contributed by atoms with Gasteiger partial charge < -0.3 is 0 Å². The Hall–Kier alpha value is -1.36. The predicted octanol–water partition coefficient (Wildman–Crippen LogP) is 1.98. The van der Waals surface area contributed by atoms with Gasteiger partial charge in [-0.25, -0.2) is 9.37 Å². The molecular weight excluding hydrogens is 153 g/mol. The first-order valence-electron chi connectivity index (χ1n) is 3.98. The fourth-order valence-electron chi connectivity index (χ4n) is 0.876. The summed E-state index contributed by atoms with van der Waals surface area (Å²) in [5.41, 5.74) is 0.268. The van der Waals surface area contributed by atoms with E-state index in [1.165, 1.54) is 6.07 Å². The van der Waals surface area contributed by atoms with Crippen LogP contribution in [0.25, 0.3) is 0 Å². The predicted molar refractivity (Wildman–Crippen MR) is 43.8 cm³/mol. The lowest BCUT2D eigenvalue weighted by Crippen LogP contribution is -1.86. The number of nitrogens with zero attached hydrogens (tertiary/aromatic N) is 1. The first-order valence-corrected chi connectivity index (χ1v) is 3.98. The third-order valence-corrected chi connectivity index (χ3v) is 1.73. The van der Waals surface area contributed by atoms with Gasteiger partial charge in [-0.15, -0.1) is 0 Å². The molecule has 1 aliphatic carbocycles. The van der Waals surface area contributed by atoms with Crippen LogP contribution in [-0.4, -0.2) is 4.98 Å². The maximum absolute atomic E-state index is 12.9. The molecule has 0 spiro atoms. The number of aromatic nitrogens is 1. The molecule has 0 aliphatic heterocycles. The molecule has 1 heterocycles. The van der Waals surface area contributed by atoms with Crippen LogP contribution in [0.3, 0.4) is 0 Å². The Balaban J connectivity index is 2.23. The van der Waals surface area contributed by atoms with Crippen molar-refractivity contribution in [1.29, 1.82) is 0 Å². The molecule has 0 amide bonds. The molecule has 12 heavy (non-hydrogen) atoms. The average molecular weight is 161 g/mol. The van der Waals surface area contributed by atoms with Crippen LogP contribution >= 0.6 is 0 Å². The lowest BCUT2D eigenvalue weighted by molar-refractivity contribution is 0.617. The number of pyridine rings is 1. The summed E-state index contributed by atoms with van der Waals surface area (Å²) in [5, 5.41) is 0. The van der Waals surface area contributed by atoms with E-state index in [1.54, 1.807) is 12.3 Å². The molecule has 1 saturated carbocycles. The summed E-state index contributed by atoms with van der Waals surface area (Å²) in [6, 6.07) is 2.95. The third-order valence-electron chi connectivity index (χ3n) is 1.73. The van der Waals surface area contributed by atoms with Gasteiger partial charge in [0.15, 0.2) is 5.82 Å². The smallest absolute Gasteiger partial charge is 0.157 e. The van der Waals surface area contributed by atoms with Crippen LogP contribution in [0, 0.1) is 23.6 Å². The Labute approximate surface area is 70.6 Å². The molecule has 1 aromatic rings. The SMILES string of the molecule is Fc1cccnc1C#CC1CC1. The Kier molecular flexibility index (Phi) is 1.79. The monoisotopic (exact) mass is 161 g/mol. The summed E-state index contributed by atoms with van der Waals surface area (Å²) in [6.07, 6.45) is 3.86. The molecule has 1 nitrogen and oxygen atoms in total. The highest BCUT2D eigenvalue weighted by atomic mass is 19.1. The Bertz CT molecular complexity index is 344. The number of halogens is 1. The summed E-state index contributed by atoms with van der Waals surface area (Å²) in [5.74, 6) is 5.86. The van der Waals surface area contributed by atoms with Gasteiger partial charge in [0.25, 0.3) is 0 Å². The number of hydrogen-bond donors (Lipinski definition) is 0. The fraction of sp³-hybridized carbons (Fsp3) is 0.300. The van der Waals surface area contributed by atoms with Gasteiger partial charge in [0.2, 0.25) is 0 Å². The molecule has 1 aliphatic rings. The van der Waals surface area contributed by atoms with Crippen molar-refractivity contribution in [2.24, 2.45) is 5.92 Å². The molecule has 0 atom stereocenters. The first-order chi connectivity index (χ1) is 5.86. The molecule has 0 saturated heterocycles. The van der Waals surface area contributed by atoms with Crippen LogP contribution in [0.4, 0.5) is 4.39 Å². The average Bonchev–Trinajstić information content (AvgIpc) is 2.86. The molecule has 2 rings (SSSR count). The van der Waals surface area contributed by atoms with E-state index in [4.69, 9.17) is 0 Å². The van der Waals surface area contributed by atoms with E-state index in [1.807, 2.05) is 0 Å². The number of rotatable bonds is 0. The molecule has 0 N–H and O–H groups in total. The molecule has 1 aromatic heterocycles.